The summed E-state index contributed by atoms with van der Waals surface area (Å²) in [6.07, 6.45) is 0.354. The second-order valence-electron chi connectivity index (χ2n) is 1.63. The van der Waals surface area contributed by atoms with Crippen LogP contribution in [0.3, 0.4) is 0 Å². The zero-order chi connectivity index (χ0) is 7.82. The van der Waals surface area contributed by atoms with E-state index in [4.69, 9.17) is 4.74 Å². The van der Waals surface area contributed by atoms with Crippen molar-refractivity contribution in [1.82, 2.24) is 0 Å². The molecule has 0 saturated carbocycles. The fourth-order valence-electron chi connectivity index (χ4n) is 0.414. The lowest BCUT2D eigenvalue weighted by molar-refractivity contribution is -0.141. The molecule has 0 fully saturated rings. The fraction of sp³-hybridized carbons (Fsp3) is 0.833. The van der Waals surface area contributed by atoms with Crippen LogP contribution in [0.1, 0.15) is 6.42 Å². The van der Waals surface area contributed by atoms with E-state index >= 15 is 0 Å². The number of esters is 1. The molecule has 60 valence electrons. The molecule has 4 heteroatoms. The number of methoxy groups -OCH3 is 1. The Kier molecular flexibility index (Phi) is 7.39. The minimum absolute atomic E-state index is 0.214. The highest BCUT2D eigenvalue weighted by Gasteiger charge is 1.97. The SMILES string of the molecule is COC(=O)CCOCCI. The van der Waals surface area contributed by atoms with Gasteiger partial charge in [0.15, 0.2) is 0 Å². The Balaban J connectivity index is 2.96. The Labute approximate surface area is 74.2 Å². The van der Waals surface area contributed by atoms with Crippen molar-refractivity contribution in [2.75, 3.05) is 24.8 Å². The molecule has 0 aromatic carbocycles. The van der Waals surface area contributed by atoms with Crippen LogP contribution < -0.4 is 0 Å². The van der Waals surface area contributed by atoms with Gasteiger partial charge in [-0.25, -0.2) is 0 Å². The zero-order valence-corrected chi connectivity index (χ0v) is 8.09. The van der Waals surface area contributed by atoms with Gasteiger partial charge in [-0.15, -0.1) is 0 Å². The first-order valence-corrected chi connectivity index (χ1v) is 4.54. The van der Waals surface area contributed by atoms with Gasteiger partial charge in [-0.2, -0.15) is 0 Å². The summed E-state index contributed by atoms with van der Waals surface area (Å²) in [7, 11) is 1.38. The highest BCUT2D eigenvalue weighted by Crippen LogP contribution is 1.87. The van der Waals surface area contributed by atoms with Gasteiger partial charge in [0.1, 0.15) is 0 Å². The molecule has 0 aromatic rings. The summed E-state index contributed by atoms with van der Waals surface area (Å²) in [4.78, 5) is 10.5. The van der Waals surface area contributed by atoms with Crippen LogP contribution in [0, 0.1) is 0 Å². The average Bonchev–Trinajstić information content (AvgIpc) is 1.98. The minimum Gasteiger partial charge on any atom is -0.469 e. The van der Waals surface area contributed by atoms with Crippen molar-refractivity contribution in [3.8, 4) is 0 Å². The molecule has 0 aromatic heterocycles. The van der Waals surface area contributed by atoms with Gasteiger partial charge < -0.3 is 9.47 Å². The van der Waals surface area contributed by atoms with Crippen LogP contribution in [0.25, 0.3) is 0 Å². The number of halogens is 1. The molecular weight excluding hydrogens is 247 g/mol. The summed E-state index contributed by atoms with van der Waals surface area (Å²) in [6.45, 7) is 1.17. The van der Waals surface area contributed by atoms with Crippen molar-refractivity contribution in [3.63, 3.8) is 0 Å². The first kappa shape index (κ1) is 10.2. The van der Waals surface area contributed by atoms with E-state index in [1.54, 1.807) is 0 Å². The van der Waals surface area contributed by atoms with E-state index in [9.17, 15) is 4.79 Å². The molecular formula is C6H11IO3. The van der Waals surface area contributed by atoms with Crippen molar-refractivity contribution in [2.24, 2.45) is 0 Å². The average molecular weight is 258 g/mol. The predicted octanol–water partition coefficient (Wildman–Crippen LogP) is 1.00. The molecule has 0 atom stereocenters. The smallest absolute Gasteiger partial charge is 0.307 e. The molecule has 0 N–H and O–H groups in total. The highest BCUT2D eigenvalue weighted by atomic mass is 127. The quantitative estimate of drug-likeness (QED) is 0.319. The molecule has 0 aliphatic rings. The molecule has 0 radical (unpaired) electrons. The highest BCUT2D eigenvalue weighted by molar-refractivity contribution is 14.1. The topological polar surface area (TPSA) is 35.5 Å². The van der Waals surface area contributed by atoms with Gasteiger partial charge in [0, 0.05) is 4.43 Å². The Hall–Kier alpha value is 0.160. The molecule has 10 heavy (non-hydrogen) atoms. The standard InChI is InChI=1S/C6H11IO3/c1-9-6(8)2-4-10-5-3-7/h2-5H2,1H3. The maximum atomic E-state index is 10.5. The molecule has 3 nitrogen and oxygen atoms in total. The van der Waals surface area contributed by atoms with Crippen molar-refractivity contribution < 1.29 is 14.3 Å². The predicted molar refractivity (Wildman–Crippen MR) is 46.3 cm³/mol. The van der Waals surface area contributed by atoms with Crippen molar-refractivity contribution >= 4 is 28.6 Å². The lowest BCUT2D eigenvalue weighted by Gasteiger charge is -1.99. The molecule has 0 aliphatic heterocycles. The summed E-state index contributed by atoms with van der Waals surface area (Å²) < 4.78 is 10.4. The van der Waals surface area contributed by atoms with Crippen LogP contribution in [0.4, 0.5) is 0 Å². The fourth-order valence-corrected chi connectivity index (χ4v) is 0.726. The Morgan fingerprint density at radius 3 is 2.70 bits per heavy atom. The van der Waals surface area contributed by atoms with Gasteiger partial charge in [-0.05, 0) is 0 Å². The first-order valence-electron chi connectivity index (χ1n) is 3.01. The number of hydrogen-bond donors (Lipinski definition) is 0. The summed E-state index contributed by atoms with van der Waals surface area (Å²) >= 11 is 2.21. The molecule has 0 amide bonds. The third-order valence-corrected chi connectivity index (χ3v) is 1.34. The van der Waals surface area contributed by atoms with Crippen molar-refractivity contribution in [2.45, 2.75) is 6.42 Å². The van der Waals surface area contributed by atoms with Gasteiger partial charge in [0.2, 0.25) is 0 Å². The van der Waals surface area contributed by atoms with Gasteiger partial charge in [-0.1, -0.05) is 22.6 Å². The van der Waals surface area contributed by atoms with E-state index in [0.29, 0.717) is 19.6 Å². The largest absolute Gasteiger partial charge is 0.469 e. The molecule has 0 aliphatic carbocycles. The van der Waals surface area contributed by atoms with Gasteiger partial charge in [0.05, 0.1) is 26.7 Å². The molecule has 0 spiro atoms. The first-order chi connectivity index (χ1) is 4.81. The molecule has 0 unspecified atom stereocenters. The summed E-state index contributed by atoms with van der Waals surface area (Å²) in [6, 6.07) is 0. The van der Waals surface area contributed by atoms with Crippen LogP contribution in [-0.4, -0.2) is 30.7 Å². The summed E-state index contributed by atoms with van der Waals surface area (Å²) in [5, 5.41) is 0. The van der Waals surface area contributed by atoms with Crippen LogP contribution in [0.5, 0.6) is 0 Å². The lowest BCUT2D eigenvalue weighted by Crippen LogP contribution is -2.06. The monoisotopic (exact) mass is 258 g/mol. The second-order valence-corrected chi connectivity index (χ2v) is 2.71. The zero-order valence-electron chi connectivity index (χ0n) is 5.93. The van der Waals surface area contributed by atoms with E-state index in [1.807, 2.05) is 0 Å². The van der Waals surface area contributed by atoms with Crippen molar-refractivity contribution in [3.05, 3.63) is 0 Å². The number of alkyl halides is 1. The van der Waals surface area contributed by atoms with Gasteiger partial charge in [0.25, 0.3) is 0 Å². The summed E-state index contributed by atoms with van der Waals surface area (Å²) in [5.74, 6) is -0.214. The molecule has 0 heterocycles. The van der Waals surface area contributed by atoms with Crippen LogP contribution in [-0.2, 0) is 14.3 Å². The van der Waals surface area contributed by atoms with Gasteiger partial charge in [-0.3, -0.25) is 4.79 Å². The van der Waals surface area contributed by atoms with Gasteiger partial charge >= 0.3 is 5.97 Å². The van der Waals surface area contributed by atoms with E-state index in [0.717, 1.165) is 4.43 Å². The Bertz CT molecular complexity index is 95.0. The van der Waals surface area contributed by atoms with Crippen LogP contribution >= 0.6 is 22.6 Å². The van der Waals surface area contributed by atoms with Crippen LogP contribution in [0.15, 0.2) is 0 Å². The number of carbonyl (C=O) groups is 1. The Morgan fingerprint density at radius 1 is 1.50 bits per heavy atom. The summed E-state index contributed by atoms with van der Waals surface area (Å²) in [5.41, 5.74) is 0. The number of ether oxygens (including phenoxy) is 2. The number of carbonyl (C=O) groups excluding carboxylic acids is 1. The lowest BCUT2D eigenvalue weighted by atomic mass is 10.5. The third-order valence-electron chi connectivity index (χ3n) is 0.900. The van der Waals surface area contributed by atoms with E-state index < -0.39 is 0 Å². The molecule has 0 rings (SSSR count). The van der Waals surface area contributed by atoms with Crippen molar-refractivity contribution in [1.29, 1.82) is 0 Å². The van der Waals surface area contributed by atoms with E-state index in [1.165, 1.54) is 7.11 Å². The van der Waals surface area contributed by atoms with Crippen LogP contribution in [0.2, 0.25) is 0 Å². The normalized spacial score (nSPS) is 9.40. The minimum atomic E-state index is -0.214. The molecule has 0 bridgehead atoms. The second kappa shape index (κ2) is 7.27. The van der Waals surface area contributed by atoms with E-state index in [2.05, 4.69) is 27.3 Å². The number of rotatable bonds is 5. The molecule has 0 saturated heterocycles. The van der Waals surface area contributed by atoms with E-state index in [-0.39, 0.29) is 5.97 Å². The third kappa shape index (κ3) is 6.28. The maximum Gasteiger partial charge on any atom is 0.307 e. The number of hydrogen-bond acceptors (Lipinski definition) is 3. The maximum absolute atomic E-state index is 10.5. The Morgan fingerprint density at radius 2 is 2.20 bits per heavy atom.